The van der Waals surface area contributed by atoms with Crippen molar-refractivity contribution in [1.82, 2.24) is 4.98 Å². The van der Waals surface area contributed by atoms with Crippen molar-refractivity contribution in [2.45, 2.75) is 39.2 Å². The predicted molar refractivity (Wildman–Crippen MR) is 56.1 cm³/mol. The van der Waals surface area contributed by atoms with Gasteiger partial charge in [0.05, 0.1) is 0 Å². The molecule has 2 N–H and O–H groups in total. The average molecular weight is 212 g/mol. The van der Waals surface area contributed by atoms with Crippen LogP contribution in [0.5, 0.6) is 0 Å². The smallest absolute Gasteiger partial charge is 0.357 e. The van der Waals surface area contributed by atoms with Gasteiger partial charge in [0.25, 0.3) is 6.01 Å². The molecule has 5 nitrogen and oxygen atoms in total. The summed E-state index contributed by atoms with van der Waals surface area (Å²) in [5, 5.41) is 11.6. The second-order valence-corrected chi connectivity index (χ2v) is 3.53. The van der Waals surface area contributed by atoms with E-state index in [0.717, 1.165) is 25.5 Å². The van der Waals surface area contributed by atoms with Gasteiger partial charge in [-0.2, -0.15) is 4.98 Å². The Morgan fingerprint density at radius 3 is 3.00 bits per heavy atom. The van der Waals surface area contributed by atoms with Crippen molar-refractivity contribution >= 4 is 12.0 Å². The van der Waals surface area contributed by atoms with Crippen molar-refractivity contribution in [3.63, 3.8) is 0 Å². The van der Waals surface area contributed by atoms with E-state index in [-0.39, 0.29) is 17.8 Å². The van der Waals surface area contributed by atoms with Crippen LogP contribution >= 0.6 is 0 Å². The quantitative estimate of drug-likeness (QED) is 0.757. The summed E-state index contributed by atoms with van der Waals surface area (Å²) >= 11 is 0. The molecule has 0 aliphatic rings. The zero-order valence-electron chi connectivity index (χ0n) is 8.99. The second kappa shape index (κ2) is 5.38. The third-order valence-corrected chi connectivity index (χ3v) is 2.08. The fourth-order valence-electron chi connectivity index (χ4n) is 1.23. The molecular weight excluding hydrogens is 196 g/mol. The van der Waals surface area contributed by atoms with Crippen LogP contribution < -0.4 is 5.32 Å². The summed E-state index contributed by atoms with van der Waals surface area (Å²) in [7, 11) is 0. The molecule has 1 atom stereocenters. The van der Waals surface area contributed by atoms with Crippen molar-refractivity contribution in [2.75, 3.05) is 5.32 Å². The first-order valence-electron chi connectivity index (χ1n) is 5.08. The Bertz CT molecular complexity index is 322. The zero-order chi connectivity index (χ0) is 11.3. The summed E-state index contributed by atoms with van der Waals surface area (Å²) in [4.78, 5) is 14.3. The lowest BCUT2D eigenvalue weighted by Crippen LogP contribution is -2.15. The number of aromatic carboxylic acids is 1. The summed E-state index contributed by atoms with van der Waals surface area (Å²) in [5.41, 5.74) is -0.0693. The van der Waals surface area contributed by atoms with E-state index in [1.54, 1.807) is 0 Å². The summed E-state index contributed by atoms with van der Waals surface area (Å²) < 4.78 is 4.97. The van der Waals surface area contributed by atoms with Gasteiger partial charge in [-0.1, -0.05) is 19.8 Å². The van der Waals surface area contributed by atoms with Gasteiger partial charge in [0.1, 0.15) is 6.26 Å². The van der Waals surface area contributed by atoms with Crippen LogP contribution in [0, 0.1) is 0 Å². The number of hydrogen-bond donors (Lipinski definition) is 2. The molecule has 1 aromatic rings. The number of carboxylic acids is 1. The van der Waals surface area contributed by atoms with Gasteiger partial charge in [0.2, 0.25) is 0 Å². The van der Waals surface area contributed by atoms with Gasteiger partial charge in [-0.15, -0.1) is 0 Å². The van der Waals surface area contributed by atoms with Crippen molar-refractivity contribution in [1.29, 1.82) is 0 Å². The molecule has 1 aromatic heterocycles. The number of nitrogens with one attached hydrogen (secondary N) is 1. The minimum Gasteiger partial charge on any atom is -0.476 e. The van der Waals surface area contributed by atoms with Crippen LogP contribution in [0.4, 0.5) is 6.01 Å². The van der Waals surface area contributed by atoms with E-state index in [1.807, 2.05) is 6.92 Å². The van der Waals surface area contributed by atoms with Crippen molar-refractivity contribution < 1.29 is 14.3 Å². The molecule has 0 bridgehead atoms. The molecule has 0 fully saturated rings. The number of carbonyl (C=O) groups is 1. The van der Waals surface area contributed by atoms with Gasteiger partial charge in [0, 0.05) is 6.04 Å². The summed E-state index contributed by atoms with van der Waals surface area (Å²) in [5.74, 6) is -1.08. The molecule has 0 amide bonds. The van der Waals surface area contributed by atoms with Crippen LogP contribution in [-0.4, -0.2) is 22.1 Å². The number of nitrogens with zero attached hydrogens (tertiary/aromatic N) is 1. The molecule has 0 aromatic carbocycles. The van der Waals surface area contributed by atoms with Crippen LogP contribution in [0.3, 0.4) is 0 Å². The molecule has 5 heteroatoms. The van der Waals surface area contributed by atoms with Crippen LogP contribution in [0.25, 0.3) is 0 Å². The maximum atomic E-state index is 10.5. The average Bonchev–Trinajstić information content (AvgIpc) is 2.63. The lowest BCUT2D eigenvalue weighted by molar-refractivity contribution is 0.0690. The fraction of sp³-hybridized carbons (Fsp3) is 0.600. The Morgan fingerprint density at radius 1 is 1.73 bits per heavy atom. The zero-order valence-corrected chi connectivity index (χ0v) is 8.99. The number of oxazole rings is 1. The third-order valence-electron chi connectivity index (χ3n) is 2.08. The Hall–Kier alpha value is -1.52. The van der Waals surface area contributed by atoms with Gasteiger partial charge in [-0.3, -0.25) is 0 Å². The number of rotatable bonds is 6. The molecule has 15 heavy (non-hydrogen) atoms. The second-order valence-electron chi connectivity index (χ2n) is 3.53. The van der Waals surface area contributed by atoms with Gasteiger partial charge in [-0.25, -0.2) is 4.79 Å². The Kier molecular flexibility index (Phi) is 4.15. The number of aromatic nitrogens is 1. The molecule has 0 saturated carbocycles. The minimum atomic E-state index is -1.08. The van der Waals surface area contributed by atoms with Gasteiger partial charge >= 0.3 is 5.97 Å². The van der Waals surface area contributed by atoms with E-state index < -0.39 is 5.97 Å². The van der Waals surface area contributed by atoms with E-state index in [0.29, 0.717) is 0 Å². The first-order valence-corrected chi connectivity index (χ1v) is 5.08. The summed E-state index contributed by atoms with van der Waals surface area (Å²) in [6, 6.07) is 0.515. The molecular formula is C10H16N2O3. The Balaban J connectivity index is 2.46. The molecule has 0 saturated heterocycles. The number of unbranched alkanes of at least 4 members (excludes halogenated alkanes) is 1. The Labute approximate surface area is 88.5 Å². The van der Waals surface area contributed by atoms with Gasteiger partial charge in [-0.05, 0) is 13.3 Å². The van der Waals surface area contributed by atoms with Crippen molar-refractivity contribution in [3.05, 3.63) is 12.0 Å². The topological polar surface area (TPSA) is 75.4 Å². The third kappa shape index (κ3) is 3.61. The number of anilines is 1. The molecule has 0 spiro atoms. The molecule has 0 aliphatic carbocycles. The molecule has 1 heterocycles. The molecule has 1 unspecified atom stereocenters. The first-order chi connectivity index (χ1) is 7.13. The van der Waals surface area contributed by atoms with Crippen molar-refractivity contribution in [3.8, 4) is 0 Å². The van der Waals surface area contributed by atoms with E-state index in [4.69, 9.17) is 9.52 Å². The van der Waals surface area contributed by atoms with Crippen LogP contribution in [0.2, 0.25) is 0 Å². The van der Waals surface area contributed by atoms with E-state index in [9.17, 15) is 4.79 Å². The van der Waals surface area contributed by atoms with Crippen molar-refractivity contribution in [2.24, 2.45) is 0 Å². The highest BCUT2D eigenvalue weighted by Gasteiger charge is 2.11. The summed E-state index contributed by atoms with van der Waals surface area (Å²) in [6.07, 6.45) is 4.41. The maximum absolute atomic E-state index is 10.5. The first kappa shape index (κ1) is 11.6. The highest BCUT2D eigenvalue weighted by molar-refractivity contribution is 5.85. The Morgan fingerprint density at radius 2 is 2.47 bits per heavy atom. The van der Waals surface area contributed by atoms with E-state index in [2.05, 4.69) is 17.2 Å². The van der Waals surface area contributed by atoms with E-state index in [1.165, 1.54) is 0 Å². The maximum Gasteiger partial charge on any atom is 0.357 e. The molecule has 0 aliphatic heterocycles. The summed E-state index contributed by atoms with van der Waals surface area (Å²) in [6.45, 7) is 4.14. The highest BCUT2D eigenvalue weighted by atomic mass is 16.4. The lowest BCUT2D eigenvalue weighted by Gasteiger charge is -2.10. The van der Waals surface area contributed by atoms with Crippen LogP contribution in [0.15, 0.2) is 10.7 Å². The predicted octanol–water partition coefficient (Wildman–Crippen LogP) is 2.36. The minimum absolute atomic E-state index is 0.0693. The van der Waals surface area contributed by atoms with Gasteiger partial charge in [0.15, 0.2) is 5.69 Å². The normalized spacial score (nSPS) is 12.4. The number of hydrogen-bond acceptors (Lipinski definition) is 4. The number of carboxylic acid groups (broad SMARTS) is 1. The van der Waals surface area contributed by atoms with Crippen LogP contribution in [-0.2, 0) is 0 Å². The highest BCUT2D eigenvalue weighted by Crippen LogP contribution is 2.11. The lowest BCUT2D eigenvalue weighted by atomic mass is 10.1. The molecule has 1 rings (SSSR count). The SMILES string of the molecule is CCCCC(C)Nc1nc(C(=O)O)co1. The molecule has 0 radical (unpaired) electrons. The standard InChI is InChI=1S/C10H16N2O3/c1-3-4-5-7(2)11-10-12-8(6-15-10)9(13)14/h6-7H,3-5H2,1-2H3,(H,11,12)(H,13,14). The monoisotopic (exact) mass is 212 g/mol. The van der Waals surface area contributed by atoms with E-state index >= 15 is 0 Å². The molecule has 84 valence electrons. The fourth-order valence-corrected chi connectivity index (χ4v) is 1.23. The largest absolute Gasteiger partial charge is 0.476 e. The van der Waals surface area contributed by atoms with Gasteiger partial charge < -0.3 is 14.8 Å². The van der Waals surface area contributed by atoms with Crippen LogP contribution in [0.1, 0.15) is 43.6 Å².